The van der Waals surface area contributed by atoms with E-state index < -0.39 is 12.0 Å². The van der Waals surface area contributed by atoms with Crippen LogP contribution in [-0.4, -0.2) is 31.7 Å². The third kappa shape index (κ3) is 2.15. The molecule has 0 fully saturated rings. The monoisotopic (exact) mass is 248 g/mol. The van der Waals surface area contributed by atoms with Gasteiger partial charge in [0.1, 0.15) is 5.82 Å². The molecule has 0 aromatic carbocycles. The largest absolute Gasteiger partial charge is 0.451 e. The highest BCUT2D eigenvalue weighted by Gasteiger charge is 2.40. The van der Waals surface area contributed by atoms with Gasteiger partial charge in [0.05, 0.1) is 6.54 Å². The Morgan fingerprint density at radius 1 is 1.29 bits per heavy atom. The normalized spacial score (nSPS) is 21.9. The summed E-state index contributed by atoms with van der Waals surface area (Å²) in [5, 5.41) is 6.90. The van der Waals surface area contributed by atoms with Gasteiger partial charge < -0.3 is 4.57 Å². The maximum absolute atomic E-state index is 12.7. The number of hydrogen-bond donors (Lipinski definition) is 0. The predicted octanol–water partition coefficient (Wildman–Crippen LogP) is 1.91. The number of alkyl halides is 3. The van der Waals surface area contributed by atoms with E-state index in [4.69, 9.17) is 0 Å². The fourth-order valence-corrected chi connectivity index (χ4v) is 2.23. The summed E-state index contributed by atoms with van der Waals surface area (Å²) in [5.74, 6) is -0.494. The first-order valence-corrected chi connectivity index (χ1v) is 5.55. The highest BCUT2D eigenvalue weighted by atomic mass is 19.4. The number of fused-ring (bicyclic) bond motifs is 1. The summed E-state index contributed by atoms with van der Waals surface area (Å²) in [5.41, 5.74) is 0. The molecule has 1 aromatic rings. The summed E-state index contributed by atoms with van der Waals surface area (Å²) in [7, 11) is 0. The predicted molar refractivity (Wildman–Crippen MR) is 55.2 cm³/mol. The molecular weight excluding hydrogens is 233 g/mol. The first kappa shape index (κ1) is 12.3. The average molecular weight is 248 g/mol. The van der Waals surface area contributed by atoms with Crippen LogP contribution in [0.1, 0.15) is 32.4 Å². The summed E-state index contributed by atoms with van der Waals surface area (Å²) in [6.07, 6.45) is -4.43. The van der Waals surface area contributed by atoms with Gasteiger partial charge in [-0.2, -0.15) is 13.2 Å². The van der Waals surface area contributed by atoms with Gasteiger partial charge in [-0.05, 0) is 20.8 Å². The minimum absolute atomic E-state index is 0.0552. The molecule has 1 atom stereocenters. The molecule has 0 saturated carbocycles. The van der Waals surface area contributed by atoms with Crippen LogP contribution in [0.3, 0.4) is 0 Å². The summed E-state index contributed by atoms with van der Waals surface area (Å²) in [6.45, 7) is 6.67. The van der Waals surface area contributed by atoms with Gasteiger partial charge in [0.15, 0.2) is 0 Å². The smallest absolute Gasteiger partial charge is 0.305 e. The molecule has 0 radical (unpaired) electrons. The molecule has 2 heterocycles. The van der Waals surface area contributed by atoms with Gasteiger partial charge >= 0.3 is 6.18 Å². The molecule has 0 bridgehead atoms. The molecular formula is C10H15F3N4. The van der Waals surface area contributed by atoms with Crippen LogP contribution in [0, 0.1) is 0 Å². The van der Waals surface area contributed by atoms with Crippen LogP contribution in [0.4, 0.5) is 13.2 Å². The summed E-state index contributed by atoms with van der Waals surface area (Å²) >= 11 is 0. The fraction of sp³-hybridized carbons (Fsp3) is 0.800. The molecule has 0 spiro atoms. The van der Waals surface area contributed by atoms with E-state index in [0.717, 1.165) is 0 Å². The molecule has 7 heteroatoms. The number of aromatic nitrogens is 3. The number of hydrogen-bond acceptors (Lipinski definition) is 3. The molecule has 1 aliphatic heterocycles. The molecule has 96 valence electrons. The molecule has 2 rings (SSSR count). The second-order valence-electron chi connectivity index (χ2n) is 4.66. The van der Waals surface area contributed by atoms with Gasteiger partial charge in [-0.3, -0.25) is 4.90 Å². The van der Waals surface area contributed by atoms with Gasteiger partial charge in [0, 0.05) is 18.6 Å². The molecule has 1 aliphatic rings. The SMILES string of the molecule is CC(C)N1Cc2nnc(C(F)(F)F)n2C[C@H]1C. The van der Waals surface area contributed by atoms with E-state index in [-0.39, 0.29) is 18.6 Å². The van der Waals surface area contributed by atoms with Crippen LogP contribution in [0.25, 0.3) is 0 Å². The Bertz CT molecular complexity index is 410. The Hall–Kier alpha value is -1.11. The van der Waals surface area contributed by atoms with Crippen molar-refractivity contribution in [2.24, 2.45) is 0 Å². The Kier molecular flexibility index (Phi) is 2.89. The quantitative estimate of drug-likeness (QED) is 0.761. The second-order valence-corrected chi connectivity index (χ2v) is 4.66. The zero-order chi connectivity index (χ0) is 12.8. The van der Waals surface area contributed by atoms with Crippen LogP contribution in [0.15, 0.2) is 0 Å². The molecule has 0 saturated heterocycles. The lowest BCUT2D eigenvalue weighted by atomic mass is 10.1. The van der Waals surface area contributed by atoms with Crippen molar-refractivity contribution in [1.82, 2.24) is 19.7 Å². The highest BCUT2D eigenvalue weighted by molar-refractivity contribution is 5.03. The van der Waals surface area contributed by atoms with Crippen LogP contribution in [0.5, 0.6) is 0 Å². The van der Waals surface area contributed by atoms with Crippen molar-refractivity contribution in [3.05, 3.63) is 11.6 Å². The minimum atomic E-state index is -4.43. The highest BCUT2D eigenvalue weighted by Crippen LogP contribution is 2.30. The first-order chi connectivity index (χ1) is 7.80. The van der Waals surface area contributed by atoms with Gasteiger partial charge in [-0.1, -0.05) is 0 Å². The molecule has 0 amide bonds. The van der Waals surface area contributed by atoms with Gasteiger partial charge in [0.2, 0.25) is 5.82 Å². The summed E-state index contributed by atoms with van der Waals surface area (Å²) in [6, 6.07) is 0.337. The van der Waals surface area contributed by atoms with Crippen LogP contribution < -0.4 is 0 Å². The zero-order valence-electron chi connectivity index (χ0n) is 9.99. The van der Waals surface area contributed by atoms with Gasteiger partial charge in [0.25, 0.3) is 0 Å². The van der Waals surface area contributed by atoms with Crippen LogP contribution in [-0.2, 0) is 19.3 Å². The van der Waals surface area contributed by atoms with E-state index in [1.807, 2.05) is 20.8 Å². The number of nitrogens with zero attached hydrogens (tertiary/aromatic N) is 4. The fourth-order valence-electron chi connectivity index (χ4n) is 2.23. The van der Waals surface area contributed by atoms with E-state index in [2.05, 4.69) is 15.1 Å². The van der Waals surface area contributed by atoms with Crippen molar-refractivity contribution in [2.45, 2.75) is 52.1 Å². The van der Waals surface area contributed by atoms with E-state index in [0.29, 0.717) is 12.4 Å². The van der Waals surface area contributed by atoms with Crippen LogP contribution >= 0.6 is 0 Å². The van der Waals surface area contributed by atoms with E-state index >= 15 is 0 Å². The van der Waals surface area contributed by atoms with Gasteiger partial charge in [-0.15, -0.1) is 10.2 Å². The second kappa shape index (κ2) is 3.97. The summed E-state index contributed by atoms with van der Waals surface area (Å²) in [4.78, 5) is 2.12. The standard InChI is InChI=1S/C10H15F3N4/c1-6(2)16-5-8-14-15-9(10(11,12)13)17(8)4-7(16)3/h6-7H,4-5H2,1-3H3/t7-/m1/s1. The topological polar surface area (TPSA) is 34.0 Å². The van der Waals surface area contributed by atoms with Crippen molar-refractivity contribution in [3.63, 3.8) is 0 Å². The Morgan fingerprint density at radius 3 is 2.47 bits per heavy atom. The van der Waals surface area contributed by atoms with Crippen molar-refractivity contribution in [1.29, 1.82) is 0 Å². The summed E-state index contributed by atoms with van der Waals surface area (Å²) < 4.78 is 39.1. The van der Waals surface area contributed by atoms with Crippen LogP contribution in [0.2, 0.25) is 0 Å². The Balaban J connectivity index is 2.34. The molecule has 17 heavy (non-hydrogen) atoms. The van der Waals surface area contributed by atoms with Crippen molar-refractivity contribution in [3.8, 4) is 0 Å². The third-order valence-electron chi connectivity index (χ3n) is 3.08. The Labute approximate surface area is 97.4 Å². The lowest BCUT2D eigenvalue weighted by molar-refractivity contribution is -0.148. The van der Waals surface area contributed by atoms with E-state index in [1.165, 1.54) is 4.57 Å². The average Bonchev–Trinajstić information content (AvgIpc) is 2.57. The molecule has 0 N–H and O–H groups in total. The van der Waals surface area contributed by atoms with Crippen molar-refractivity contribution >= 4 is 0 Å². The molecule has 4 nitrogen and oxygen atoms in total. The van der Waals surface area contributed by atoms with Gasteiger partial charge in [-0.25, -0.2) is 0 Å². The molecule has 1 aromatic heterocycles. The van der Waals surface area contributed by atoms with Crippen molar-refractivity contribution < 1.29 is 13.2 Å². The van der Waals surface area contributed by atoms with Crippen molar-refractivity contribution in [2.75, 3.05) is 0 Å². The molecule has 0 aliphatic carbocycles. The lowest BCUT2D eigenvalue weighted by Gasteiger charge is -2.36. The first-order valence-electron chi connectivity index (χ1n) is 5.55. The maximum Gasteiger partial charge on any atom is 0.451 e. The minimum Gasteiger partial charge on any atom is -0.305 e. The number of halogens is 3. The number of rotatable bonds is 1. The lowest BCUT2D eigenvalue weighted by Crippen LogP contribution is -2.45. The third-order valence-corrected chi connectivity index (χ3v) is 3.08. The van der Waals surface area contributed by atoms with E-state index in [9.17, 15) is 13.2 Å². The van der Waals surface area contributed by atoms with E-state index in [1.54, 1.807) is 0 Å². The zero-order valence-corrected chi connectivity index (χ0v) is 9.99. The molecule has 0 unspecified atom stereocenters. The maximum atomic E-state index is 12.7. The Morgan fingerprint density at radius 2 is 1.94 bits per heavy atom.